The first-order chi connectivity index (χ1) is 11.8. The van der Waals surface area contributed by atoms with Gasteiger partial charge >= 0.3 is 0 Å². The SMILES string of the molecule is CC12CCC(C(=O)N3CCc4ccccc4C3)(C(=O)C1=NO)C2(C)C. The van der Waals surface area contributed by atoms with Crippen molar-refractivity contribution in [2.24, 2.45) is 21.4 Å². The molecule has 1 amide bonds. The van der Waals surface area contributed by atoms with Crippen LogP contribution >= 0.6 is 0 Å². The molecule has 5 heteroatoms. The second-order valence-electron chi connectivity index (χ2n) is 8.39. The number of ketones is 1. The Bertz CT molecular complexity index is 813. The van der Waals surface area contributed by atoms with E-state index >= 15 is 0 Å². The van der Waals surface area contributed by atoms with Crippen LogP contribution in [0.25, 0.3) is 0 Å². The minimum Gasteiger partial charge on any atom is -0.411 e. The van der Waals surface area contributed by atoms with Crippen LogP contribution in [0.2, 0.25) is 0 Å². The Hall–Kier alpha value is -2.17. The summed E-state index contributed by atoms with van der Waals surface area (Å²) in [5, 5.41) is 12.8. The van der Waals surface area contributed by atoms with Crippen molar-refractivity contribution in [3.05, 3.63) is 35.4 Å². The zero-order chi connectivity index (χ0) is 18.0. The predicted molar refractivity (Wildman–Crippen MR) is 93.3 cm³/mol. The molecule has 0 aromatic heterocycles. The van der Waals surface area contributed by atoms with Crippen LogP contribution in [0.4, 0.5) is 0 Å². The van der Waals surface area contributed by atoms with Gasteiger partial charge in [0.2, 0.25) is 5.91 Å². The number of carbonyl (C=O) groups excluding carboxylic acids is 2. The van der Waals surface area contributed by atoms with E-state index < -0.39 is 16.2 Å². The molecule has 2 fully saturated rings. The second-order valence-corrected chi connectivity index (χ2v) is 8.39. The fourth-order valence-electron chi connectivity index (χ4n) is 5.36. The number of hydrogen-bond donors (Lipinski definition) is 1. The van der Waals surface area contributed by atoms with Gasteiger partial charge in [-0.05, 0) is 35.8 Å². The highest BCUT2D eigenvalue weighted by molar-refractivity contribution is 6.50. The van der Waals surface area contributed by atoms with Crippen LogP contribution in [-0.2, 0) is 22.6 Å². The molecule has 2 unspecified atom stereocenters. The lowest BCUT2D eigenvalue weighted by Gasteiger charge is -2.41. The molecule has 0 radical (unpaired) electrons. The summed E-state index contributed by atoms with van der Waals surface area (Å²) < 4.78 is 0. The molecule has 0 spiro atoms. The second kappa shape index (κ2) is 4.93. The Kier molecular flexibility index (Phi) is 3.22. The molecule has 0 saturated heterocycles. The topological polar surface area (TPSA) is 70.0 Å². The maximum atomic E-state index is 13.6. The van der Waals surface area contributed by atoms with Gasteiger partial charge in [0.15, 0.2) is 5.78 Å². The molecule has 2 bridgehead atoms. The van der Waals surface area contributed by atoms with Gasteiger partial charge in [0, 0.05) is 18.5 Å². The number of Topliss-reactive ketones (excluding diaryl/α,β-unsaturated/α-hetero) is 1. The Labute approximate surface area is 147 Å². The third kappa shape index (κ3) is 1.71. The van der Waals surface area contributed by atoms with Gasteiger partial charge in [0.1, 0.15) is 11.1 Å². The molecule has 3 aliphatic rings. The van der Waals surface area contributed by atoms with Crippen molar-refractivity contribution in [1.82, 2.24) is 4.90 Å². The summed E-state index contributed by atoms with van der Waals surface area (Å²) in [5.74, 6) is -0.378. The number of benzene rings is 1. The third-order valence-corrected chi connectivity index (χ3v) is 7.45. The van der Waals surface area contributed by atoms with Gasteiger partial charge in [0.05, 0.1) is 0 Å². The molecule has 1 aliphatic heterocycles. The van der Waals surface area contributed by atoms with Crippen LogP contribution in [-0.4, -0.2) is 34.1 Å². The summed E-state index contributed by atoms with van der Waals surface area (Å²) in [6.45, 7) is 7.08. The molecule has 1 aromatic rings. The van der Waals surface area contributed by atoms with E-state index in [4.69, 9.17) is 0 Å². The fraction of sp³-hybridized carbons (Fsp3) is 0.550. The summed E-state index contributed by atoms with van der Waals surface area (Å²) in [4.78, 5) is 28.5. The zero-order valence-corrected chi connectivity index (χ0v) is 15.0. The molecule has 1 aromatic carbocycles. The molecule has 2 atom stereocenters. The molecular formula is C20H24N2O3. The van der Waals surface area contributed by atoms with E-state index in [1.165, 1.54) is 5.56 Å². The summed E-state index contributed by atoms with van der Waals surface area (Å²) in [7, 11) is 0. The predicted octanol–water partition coefficient (Wildman–Crippen LogP) is 2.80. The quantitative estimate of drug-likeness (QED) is 0.485. The molecule has 1 heterocycles. The van der Waals surface area contributed by atoms with Crippen molar-refractivity contribution in [1.29, 1.82) is 0 Å². The van der Waals surface area contributed by atoms with Gasteiger partial charge < -0.3 is 10.1 Å². The Morgan fingerprint density at radius 1 is 1.16 bits per heavy atom. The molecule has 4 rings (SSSR count). The van der Waals surface area contributed by atoms with Crippen LogP contribution in [0.1, 0.15) is 44.7 Å². The summed E-state index contributed by atoms with van der Waals surface area (Å²) in [6.07, 6.45) is 2.04. The number of carbonyl (C=O) groups is 2. The van der Waals surface area contributed by atoms with Gasteiger partial charge in [-0.2, -0.15) is 0 Å². The van der Waals surface area contributed by atoms with Crippen molar-refractivity contribution in [2.45, 2.75) is 46.6 Å². The number of amides is 1. The van der Waals surface area contributed by atoms with Crippen LogP contribution in [0, 0.1) is 16.2 Å². The molecule has 25 heavy (non-hydrogen) atoms. The minimum absolute atomic E-state index is 0.0978. The minimum atomic E-state index is -1.10. The van der Waals surface area contributed by atoms with E-state index in [1.807, 2.05) is 43.9 Å². The molecule has 132 valence electrons. The molecule has 2 aliphatic carbocycles. The van der Waals surface area contributed by atoms with E-state index in [9.17, 15) is 14.8 Å². The highest BCUT2D eigenvalue weighted by Crippen LogP contribution is 2.69. The standard InChI is InChI=1S/C20H24N2O3/c1-18(2)19(3)9-10-20(18,16(23)15(19)21-25)17(24)22-11-8-13-6-4-5-7-14(13)12-22/h4-7,25H,8-12H2,1-3H3. The molecule has 1 N–H and O–H groups in total. The lowest BCUT2D eigenvalue weighted by molar-refractivity contribution is -0.153. The van der Waals surface area contributed by atoms with Gasteiger partial charge in [-0.15, -0.1) is 0 Å². The highest BCUT2D eigenvalue weighted by Gasteiger charge is 2.77. The summed E-state index contributed by atoms with van der Waals surface area (Å²) in [5.41, 5.74) is 0.382. The molecule has 2 saturated carbocycles. The number of nitrogens with zero attached hydrogens (tertiary/aromatic N) is 2. The fourth-order valence-corrected chi connectivity index (χ4v) is 5.36. The van der Waals surface area contributed by atoms with Crippen molar-refractivity contribution in [2.75, 3.05) is 6.54 Å². The number of oxime groups is 1. The van der Waals surface area contributed by atoms with Crippen molar-refractivity contribution < 1.29 is 14.8 Å². The number of fused-ring (bicyclic) bond motifs is 3. The highest BCUT2D eigenvalue weighted by atomic mass is 16.4. The van der Waals surface area contributed by atoms with Gasteiger partial charge in [-0.25, -0.2) is 0 Å². The average Bonchev–Trinajstić information content (AvgIpc) is 2.89. The first-order valence-electron chi connectivity index (χ1n) is 8.93. The normalized spacial score (nSPS) is 34.4. The zero-order valence-electron chi connectivity index (χ0n) is 15.0. The molecule has 5 nitrogen and oxygen atoms in total. The van der Waals surface area contributed by atoms with Gasteiger partial charge in [0.25, 0.3) is 0 Å². The monoisotopic (exact) mass is 340 g/mol. The van der Waals surface area contributed by atoms with E-state index in [0.29, 0.717) is 25.9 Å². The first kappa shape index (κ1) is 16.3. The van der Waals surface area contributed by atoms with Crippen LogP contribution in [0.15, 0.2) is 29.4 Å². The average molecular weight is 340 g/mol. The Balaban J connectivity index is 1.75. The summed E-state index contributed by atoms with van der Waals surface area (Å²) >= 11 is 0. The molecular weight excluding hydrogens is 316 g/mol. The van der Waals surface area contributed by atoms with Crippen LogP contribution in [0.5, 0.6) is 0 Å². The van der Waals surface area contributed by atoms with E-state index in [1.54, 1.807) is 0 Å². The van der Waals surface area contributed by atoms with Gasteiger partial charge in [-0.1, -0.05) is 50.2 Å². The van der Waals surface area contributed by atoms with Gasteiger partial charge in [-0.3, -0.25) is 9.59 Å². The Morgan fingerprint density at radius 2 is 1.84 bits per heavy atom. The van der Waals surface area contributed by atoms with E-state index in [0.717, 1.165) is 12.0 Å². The summed E-state index contributed by atoms with van der Waals surface area (Å²) in [6, 6.07) is 8.15. The largest absolute Gasteiger partial charge is 0.411 e. The maximum absolute atomic E-state index is 13.6. The lowest BCUT2D eigenvalue weighted by atomic mass is 9.64. The third-order valence-electron chi connectivity index (χ3n) is 7.45. The van der Waals surface area contributed by atoms with Crippen molar-refractivity contribution in [3.8, 4) is 0 Å². The smallest absolute Gasteiger partial charge is 0.237 e. The van der Waals surface area contributed by atoms with E-state index in [2.05, 4.69) is 11.2 Å². The van der Waals surface area contributed by atoms with E-state index in [-0.39, 0.29) is 17.4 Å². The number of hydrogen-bond acceptors (Lipinski definition) is 4. The maximum Gasteiger partial charge on any atom is 0.237 e. The van der Waals surface area contributed by atoms with Crippen LogP contribution in [0.3, 0.4) is 0 Å². The lowest BCUT2D eigenvalue weighted by Crippen LogP contribution is -2.53. The first-order valence-corrected chi connectivity index (χ1v) is 8.93. The number of rotatable bonds is 1. The Morgan fingerprint density at radius 3 is 2.48 bits per heavy atom. The van der Waals surface area contributed by atoms with Crippen molar-refractivity contribution >= 4 is 17.4 Å². The van der Waals surface area contributed by atoms with Crippen LogP contribution < -0.4 is 0 Å². The van der Waals surface area contributed by atoms with Crippen molar-refractivity contribution in [3.63, 3.8) is 0 Å².